The maximum atomic E-state index is 12.0. The van der Waals surface area contributed by atoms with Gasteiger partial charge in [-0.25, -0.2) is 0 Å². The van der Waals surface area contributed by atoms with Crippen LogP contribution in [-0.4, -0.2) is 44.5 Å². The molecule has 2 N–H and O–H groups in total. The smallest absolute Gasteiger partial charge is 0.253 e. The van der Waals surface area contributed by atoms with Gasteiger partial charge in [-0.3, -0.25) is 9.79 Å². The number of thiophene rings is 1. The summed E-state index contributed by atoms with van der Waals surface area (Å²) < 4.78 is 0. The first-order valence-corrected chi connectivity index (χ1v) is 8.75. The highest BCUT2D eigenvalue weighted by Crippen LogP contribution is 2.08. The van der Waals surface area contributed by atoms with E-state index in [0.29, 0.717) is 0 Å². The third kappa shape index (κ3) is 5.38. The topological polar surface area (TPSA) is 56.7 Å². The number of aliphatic imine (C=N–C) groups is 1. The molecule has 0 aliphatic heterocycles. The van der Waals surface area contributed by atoms with Gasteiger partial charge in [0.2, 0.25) is 0 Å². The molecule has 6 heteroatoms. The molecule has 1 aromatic heterocycles. The van der Waals surface area contributed by atoms with Crippen LogP contribution in [0.25, 0.3) is 0 Å². The van der Waals surface area contributed by atoms with Crippen molar-refractivity contribution in [2.75, 3.05) is 27.7 Å². The van der Waals surface area contributed by atoms with Crippen LogP contribution in [0.4, 0.5) is 0 Å². The first-order valence-electron chi connectivity index (χ1n) is 7.87. The van der Waals surface area contributed by atoms with E-state index in [4.69, 9.17) is 0 Å². The summed E-state index contributed by atoms with van der Waals surface area (Å²) in [6, 6.07) is 11.9. The minimum Gasteiger partial charge on any atom is -0.356 e. The quantitative estimate of drug-likeness (QED) is 0.625. The summed E-state index contributed by atoms with van der Waals surface area (Å²) in [6.45, 7) is 1.52. The predicted molar refractivity (Wildman–Crippen MR) is 101 cm³/mol. The zero-order chi connectivity index (χ0) is 17.4. The Labute approximate surface area is 147 Å². The molecule has 0 radical (unpaired) electrons. The summed E-state index contributed by atoms with van der Waals surface area (Å²) in [5.41, 5.74) is 1.85. The number of nitrogens with zero attached hydrogens (tertiary/aromatic N) is 2. The van der Waals surface area contributed by atoms with Crippen LogP contribution in [0.1, 0.15) is 20.8 Å². The monoisotopic (exact) mass is 344 g/mol. The van der Waals surface area contributed by atoms with Crippen molar-refractivity contribution in [3.05, 3.63) is 57.8 Å². The van der Waals surface area contributed by atoms with Gasteiger partial charge < -0.3 is 15.5 Å². The second-order valence-corrected chi connectivity index (χ2v) is 6.61. The van der Waals surface area contributed by atoms with Crippen molar-refractivity contribution in [1.29, 1.82) is 0 Å². The molecular formula is C18H24N4OS. The number of guanidine groups is 1. The van der Waals surface area contributed by atoms with Gasteiger partial charge in [0.1, 0.15) is 0 Å². The molecule has 2 rings (SSSR count). The van der Waals surface area contributed by atoms with Gasteiger partial charge in [0.05, 0.1) is 6.54 Å². The Bertz CT molecular complexity index is 680. The normalized spacial score (nSPS) is 11.2. The lowest BCUT2D eigenvalue weighted by atomic mass is 10.1. The van der Waals surface area contributed by atoms with Gasteiger partial charge in [0, 0.05) is 38.1 Å². The van der Waals surface area contributed by atoms with E-state index in [-0.39, 0.29) is 5.91 Å². The Hall–Kier alpha value is -2.34. The van der Waals surface area contributed by atoms with Crippen molar-refractivity contribution >= 4 is 23.2 Å². The lowest BCUT2D eigenvalue weighted by Gasteiger charge is -2.13. The van der Waals surface area contributed by atoms with Crippen LogP contribution in [-0.2, 0) is 13.0 Å². The van der Waals surface area contributed by atoms with Crippen molar-refractivity contribution < 1.29 is 4.79 Å². The highest BCUT2D eigenvalue weighted by molar-refractivity contribution is 7.09. The van der Waals surface area contributed by atoms with Crippen LogP contribution in [0.3, 0.4) is 0 Å². The molecule has 0 unspecified atom stereocenters. The molecule has 0 saturated carbocycles. The summed E-state index contributed by atoms with van der Waals surface area (Å²) in [7, 11) is 5.29. The summed E-state index contributed by atoms with van der Waals surface area (Å²) in [4.78, 5) is 19.1. The molecule has 0 fully saturated rings. The third-order valence-corrected chi connectivity index (χ3v) is 4.40. The second-order valence-electron chi connectivity index (χ2n) is 5.58. The highest BCUT2D eigenvalue weighted by Gasteiger charge is 2.08. The number of hydrogen-bond donors (Lipinski definition) is 2. The summed E-state index contributed by atoms with van der Waals surface area (Å²) in [5, 5.41) is 8.66. The number of amides is 1. The van der Waals surface area contributed by atoms with E-state index in [0.717, 1.165) is 36.6 Å². The Morgan fingerprint density at radius 2 is 2.04 bits per heavy atom. The van der Waals surface area contributed by atoms with Gasteiger partial charge in [0.25, 0.3) is 5.91 Å². The Balaban J connectivity index is 1.82. The third-order valence-electron chi connectivity index (χ3n) is 3.52. The highest BCUT2D eigenvalue weighted by atomic mass is 32.1. The van der Waals surface area contributed by atoms with Gasteiger partial charge in [-0.05, 0) is 35.6 Å². The first kappa shape index (κ1) is 18.0. The van der Waals surface area contributed by atoms with Gasteiger partial charge in [-0.1, -0.05) is 18.2 Å². The van der Waals surface area contributed by atoms with E-state index in [1.54, 1.807) is 37.4 Å². The maximum Gasteiger partial charge on any atom is 0.253 e. The number of carbonyl (C=O) groups excluding carboxylic acids is 1. The maximum absolute atomic E-state index is 12.0. The summed E-state index contributed by atoms with van der Waals surface area (Å²) >= 11 is 1.72. The molecule has 0 saturated heterocycles. The average Bonchev–Trinajstić information content (AvgIpc) is 3.11. The fraction of sp³-hybridized carbons (Fsp3) is 0.333. The minimum absolute atomic E-state index is 0.0261. The van der Waals surface area contributed by atoms with Crippen LogP contribution in [0.5, 0.6) is 0 Å². The number of nitrogens with one attached hydrogen (secondary N) is 2. The van der Waals surface area contributed by atoms with Crippen molar-refractivity contribution in [2.24, 2.45) is 4.99 Å². The van der Waals surface area contributed by atoms with Gasteiger partial charge in [-0.15, -0.1) is 11.3 Å². The number of carbonyl (C=O) groups is 1. The summed E-state index contributed by atoms with van der Waals surface area (Å²) in [5.74, 6) is 0.808. The standard InChI is InChI=1S/C18H24N4OS/c1-19-18(21-13-16-8-5-11-24-16)20-10-9-14-6-4-7-15(12-14)17(23)22(2)3/h4-8,11-12H,9-10,13H2,1-3H3,(H2,19,20,21). The Morgan fingerprint density at radius 3 is 2.71 bits per heavy atom. The molecule has 0 bridgehead atoms. The SMILES string of the molecule is CN=C(NCCc1cccc(C(=O)N(C)C)c1)NCc1cccs1. The van der Waals surface area contributed by atoms with Crippen molar-refractivity contribution in [1.82, 2.24) is 15.5 Å². The zero-order valence-electron chi connectivity index (χ0n) is 14.4. The van der Waals surface area contributed by atoms with Crippen LogP contribution in [0.15, 0.2) is 46.8 Å². The zero-order valence-corrected chi connectivity index (χ0v) is 15.2. The molecule has 24 heavy (non-hydrogen) atoms. The molecule has 0 aliphatic rings. The second kappa shape index (κ2) is 9.08. The molecule has 1 heterocycles. The number of benzene rings is 1. The van der Waals surface area contributed by atoms with E-state index >= 15 is 0 Å². The molecule has 1 amide bonds. The van der Waals surface area contributed by atoms with Crippen molar-refractivity contribution in [2.45, 2.75) is 13.0 Å². The first-order chi connectivity index (χ1) is 11.6. The van der Waals surface area contributed by atoms with E-state index in [9.17, 15) is 4.79 Å². The minimum atomic E-state index is 0.0261. The van der Waals surface area contributed by atoms with Gasteiger partial charge >= 0.3 is 0 Å². The largest absolute Gasteiger partial charge is 0.356 e. The molecule has 128 valence electrons. The fourth-order valence-electron chi connectivity index (χ4n) is 2.25. The van der Waals surface area contributed by atoms with Crippen LogP contribution >= 0.6 is 11.3 Å². The molecule has 5 nitrogen and oxygen atoms in total. The molecular weight excluding hydrogens is 320 g/mol. The summed E-state index contributed by atoms with van der Waals surface area (Å²) in [6.07, 6.45) is 0.828. The lowest BCUT2D eigenvalue weighted by Crippen LogP contribution is -2.37. The van der Waals surface area contributed by atoms with Crippen LogP contribution < -0.4 is 10.6 Å². The molecule has 1 aromatic carbocycles. The molecule has 0 spiro atoms. The number of hydrogen-bond acceptors (Lipinski definition) is 3. The van der Waals surface area contributed by atoms with Crippen LogP contribution in [0.2, 0.25) is 0 Å². The molecule has 0 atom stereocenters. The fourth-order valence-corrected chi connectivity index (χ4v) is 2.89. The molecule has 2 aromatic rings. The van der Waals surface area contributed by atoms with Crippen LogP contribution in [0, 0.1) is 0 Å². The van der Waals surface area contributed by atoms with Crippen molar-refractivity contribution in [3.8, 4) is 0 Å². The number of rotatable bonds is 6. The van der Waals surface area contributed by atoms with E-state index in [1.807, 2.05) is 30.3 Å². The average molecular weight is 344 g/mol. The van der Waals surface area contributed by atoms with E-state index < -0.39 is 0 Å². The predicted octanol–water partition coefficient (Wildman–Crippen LogP) is 2.36. The van der Waals surface area contributed by atoms with E-state index in [1.165, 1.54) is 4.88 Å². The van der Waals surface area contributed by atoms with Crippen molar-refractivity contribution in [3.63, 3.8) is 0 Å². The molecule has 0 aliphatic carbocycles. The Morgan fingerprint density at radius 1 is 1.21 bits per heavy atom. The van der Waals surface area contributed by atoms with E-state index in [2.05, 4.69) is 27.1 Å². The van der Waals surface area contributed by atoms with Gasteiger partial charge in [-0.2, -0.15) is 0 Å². The lowest BCUT2D eigenvalue weighted by molar-refractivity contribution is 0.0827. The van der Waals surface area contributed by atoms with Gasteiger partial charge in [0.15, 0.2) is 5.96 Å². The Kier molecular flexibility index (Phi) is 6.81.